The maximum Gasteiger partial charge on any atom is 0.341 e. The molecule has 7 nitrogen and oxygen atoms in total. The van der Waals surface area contributed by atoms with Crippen molar-refractivity contribution in [1.82, 2.24) is 0 Å². The summed E-state index contributed by atoms with van der Waals surface area (Å²) in [5.74, 6) is -1.48. The predicted molar refractivity (Wildman–Crippen MR) is 106 cm³/mol. The van der Waals surface area contributed by atoms with E-state index in [4.69, 9.17) is 9.47 Å². The molecular weight excluding hydrogens is 382 g/mol. The van der Waals surface area contributed by atoms with Crippen molar-refractivity contribution in [2.75, 3.05) is 18.5 Å². The van der Waals surface area contributed by atoms with Gasteiger partial charge in [0.05, 0.1) is 18.6 Å². The summed E-state index contributed by atoms with van der Waals surface area (Å²) in [7, 11) is 0. The molecule has 0 aliphatic carbocycles. The Kier molecular flexibility index (Phi) is 7.57. The molecule has 8 heteroatoms. The molecule has 1 aromatic carbocycles. The van der Waals surface area contributed by atoms with Gasteiger partial charge in [0.25, 0.3) is 5.91 Å². The van der Waals surface area contributed by atoms with Crippen LogP contribution < -0.4 is 5.32 Å². The van der Waals surface area contributed by atoms with Crippen molar-refractivity contribution in [3.8, 4) is 5.75 Å². The lowest BCUT2D eigenvalue weighted by Crippen LogP contribution is -2.22. The van der Waals surface area contributed by atoms with Gasteiger partial charge in [0.1, 0.15) is 10.8 Å². The summed E-state index contributed by atoms with van der Waals surface area (Å²) < 4.78 is 10.1. The Bertz CT molecular complexity index is 856. The smallest absolute Gasteiger partial charge is 0.341 e. The van der Waals surface area contributed by atoms with E-state index in [1.807, 2.05) is 13.8 Å². The zero-order valence-corrected chi connectivity index (χ0v) is 16.9. The highest BCUT2D eigenvalue weighted by Crippen LogP contribution is 2.34. The molecule has 0 saturated carbocycles. The number of nitrogens with one attached hydrogen (secondary N) is 1. The van der Waals surface area contributed by atoms with Crippen molar-refractivity contribution >= 4 is 34.2 Å². The Morgan fingerprint density at radius 3 is 2.39 bits per heavy atom. The number of aromatic hydroxyl groups is 1. The SMILES string of the molecule is CCOC(=O)c1c(NC(=O)COC(=O)Cc2ccc(O)cc2)sc(C)c1CC. The highest BCUT2D eigenvalue weighted by Gasteiger charge is 2.23. The standard InChI is InChI=1S/C20H23NO6S/c1-4-15-12(3)28-19(18(15)20(25)26-5-2)21-16(23)11-27-17(24)10-13-6-8-14(22)9-7-13/h6-9,22H,4-5,10-11H2,1-3H3,(H,21,23). The molecule has 2 rings (SSSR count). The van der Waals surface area contributed by atoms with Crippen LogP contribution >= 0.6 is 11.3 Å². The van der Waals surface area contributed by atoms with Crippen LogP contribution in [0.5, 0.6) is 5.75 Å². The molecule has 0 radical (unpaired) electrons. The van der Waals surface area contributed by atoms with Crippen LogP contribution in [0.15, 0.2) is 24.3 Å². The van der Waals surface area contributed by atoms with Gasteiger partial charge in [0.2, 0.25) is 0 Å². The van der Waals surface area contributed by atoms with Gasteiger partial charge in [-0.25, -0.2) is 4.79 Å². The first kappa shape index (κ1) is 21.4. The fraction of sp³-hybridized carbons (Fsp3) is 0.350. The van der Waals surface area contributed by atoms with Gasteiger partial charge in [-0.05, 0) is 43.5 Å². The molecule has 28 heavy (non-hydrogen) atoms. The van der Waals surface area contributed by atoms with Crippen molar-refractivity contribution < 1.29 is 29.0 Å². The van der Waals surface area contributed by atoms with E-state index in [1.54, 1.807) is 19.1 Å². The number of phenols is 1. The van der Waals surface area contributed by atoms with Gasteiger partial charge in [-0.3, -0.25) is 9.59 Å². The number of rotatable bonds is 8. The number of benzene rings is 1. The highest BCUT2D eigenvalue weighted by molar-refractivity contribution is 7.16. The number of carbonyl (C=O) groups excluding carboxylic acids is 3. The van der Waals surface area contributed by atoms with Crippen LogP contribution in [0.25, 0.3) is 0 Å². The molecule has 0 atom stereocenters. The Morgan fingerprint density at radius 1 is 1.11 bits per heavy atom. The van der Waals surface area contributed by atoms with Gasteiger partial charge < -0.3 is 19.9 Å². The average Bonchev–Trinajstić information content (AvgIpc) is 2.97. The first-order valence-corrected chi connectivity index (χ1v) is 9.70. The molecule has 0 bridgehead atoms. The molecule has 0 spiro atoms. The van der Waals surface area contributed by atoms with Crippen LogP contribution in [0.4, 0.5) is 5.00 Å². The van der Waals surface area contributed by atoms with Crippen molar-refractivity contribution in [1.29, 1.82) is 0 Å². The maximum atomic E-state index is 12.3. The first-order chi connectivity index (χ1) is 13.3. The lowest BCUT2D eigenvalue weighted by Gasteiger charge is -2.08. The monoisotopic (exact) mass is 405 g/mol. The molecule has 1 amide bonds. The van der Waals surface area contributed by atoms with Crippen molar-refractivity contribution in [3.63, 3.8) is 0 Å². The predicted octanol–water partition coefficient (Wildman–Crippen LogP) is 3.23. The number of hydrogen-bond donors (Lipinski definition) is 2. The summed E-state index contributed by atoms with van der Waals surface area (Å²) >= 11 is 1.29. The topological polar surface area (TPSA) is 102 Å². The third-order valence-electron chi connectivity index (χ3n) is 3.94. The highest BCUT2D eigenvalue weighted by atomic mass is 32.1. The maximum absolute atomic E-state index is 12.3. The van der Waals surface area contributed by atoms with E-state index < -0.39 is 24.5 Å². The molecule has 0 fully saturated rings. The molecule has 1 heterocycles. The minimum absolute atomic E-state index is 0.0142. The first-order valence-electron chi connectivity index (χ1n) is 8.88. The summed E-state index contributed by atoms with van der Waals surface area (Å²) in [5.41, 5.74) is 1.85. The Labute approximate surface area is 167 Å². The zero-order chi connectivity index (χ0) is 20.7. The van der Waals surface area contributed by atoms with E-state index >= 15 is 0 Å². The minimum atomic E-state index is -0.567. The van der Waals surface area contributed by atoms with E-state index in [2.05, 4.69) is 5.32 Å². The normalized spacial score (nSPS) is 10.4. The van der Waals surface area contributed by atoms with E-state index in [-0.39, 0.29) is 18.8 Å². The number of amides is 1. The molecule has 2 aromatic rings. The van der Waals surface area contributed by atoms with E-state index in [0.29, 0.717) is 22.5 Å². The summed E-state index contributed by atoms with van der Waals surface area (Å²) in [6, 6.07) is 6.14. The van der Waals surface area contributed by atoms with Crippen LogP contribution in [-0.4, -0.2) is 36.2 Å². The fourth-order valence-corrected chi connectivity index (χ4v) is 3.80. The molecule has 0 unspecified atom stereocenters. The van der Waals surface area contributed by atoms with Gasteiger partial charge >= 0.3 is 11.9 Å². The second-order valence-electron chi connectivity index (χ2n) is 5.97. The van der Waals surface area contributed by atoms with Crippen molar-refractivity contribution in [3.05, 3.63) is 45.8 Å². The van der Waals surface area contributed by atoms with Crippen molar-refractivity contribution in [2.45, 2.75) is 33.6 Å². The molecule has 0 aliphatic heterocycles. The number of esters is 2. The summed E-state index contributed by atoms with van der Waals surface area (Å²) in [6.07, 6.45) is 0.619. The summed E-state index contributed by atoms with van der Waals surface area (Å²) in [5, 5.41) is 12.3. The van der Waals surface area contributed by atoms with Crippen LogP contribution in [0.1, 0.15) is 40.2 Å². The third-order valence-corrected chi connectivity index (χ3v) is 5.01. The van der Waals surface area contributed by atoms with E-state index in [1.165, 1.54) is 23.5 Å². The van der Waals surface area contributed by atoms with Gasteiger partial charge in [-0.1, -0.05) is 19.1 Å². The molecule has 150 valence electrons. The number of carbonyl (C=O) groups is 3. The fourth-order valence-electron chi connectivity index (χ4n) is 2.65. The summed E-state index contributed by atoms with van der Waals surface area (Å²) in [4.78, 5) is 37.3. The Balaban J connectivity index is 1.98. The van der Waals surface area contributed by atoms with Crippen LogP contribution in [0.2, 0.25) is 0 Å². The Morgan fingerprint density at radius 2 is 1.79 bits per heavy atom. The lowest BCUT2D eigenvalue weighted by molar-refractivity contribution is -0.146. The Hall–Kier alpha value is -2.87. The second kappa shape index (κ2) is 9.89. The molecule has 0 aliphatic rings. The lowest BCUT2D eigenvalue weighted by atomic mass is 10.1. The van der Waals surface area contributed by atoms with Gasteiger partial charge in [-0.15, -0.1) is 11.3 Å². The number of ether oxygens (including phenoxy) is 2. The van der Waals surface area contributed by atoms with Crippen LogP contribution in [-0.2, 0) is 31.9 Å². The molecule has 1 aromatic heterocycles. The number of aryl methyl sites for hydroxylation is 1. The third kappa shape index (κ3) is 5.56. The number of anilines is 1. The summed E-state index contributed by atoms with van der Waals surface area (Å²) in [6.45, 7) is 5.29. The molecule has 0 saturated heterocycles. The van der Waals surface area contributed by atoms with E-state index in [0.717, 1.165) is 10.4 Å². The van der Waals surface area contributed by atoms with Gasteiger partial charge in [0, 0.05) is 4.88 Å². The number of phenolic OH excluding ortho intramolecular Hbond substituents is 1. The average molecular weight is 405 g/mol. The van der Waals surface area contributed by atoms with Crippen molar-refractivity contribution in [2.24, 2.45) is 0 Å². The van der Waals surface area contributed by atoms with Gasteiger partial charge in [-0.2, -0.15) is 0 Å². The zero-order valence-electron chi connectivity index (χ0n) is 16.0. The van der Waals surface area contributed by atoms with Crippen LogP contribution in [0, 0.1) is 6.92 Å². The largest absolute Gasteiger partial charge is 0.508 e. The second-order valence-corrected chi connectivity index (χ2v) is 7.19. The van der Waals surface area contributed by atoms with Gasteiger partial charge in [0.15, 0.2) is 6.61 Å². The molecule has 2 N–H and O–H groups in total. The minimum Gasteiger partial charge on any atom is -0.508 e. The molecular formula is C20H23NO6S. The quantitative estimate of drug-likeness (QED) is 0.654. The number of hydrogen-bond acceptors (Lipinski definition) is 7. The van der Waals surface area contributed by atoms with Crippen LogP contribution in [0.3, 0.4) is 0 Å². The van der Waals surface area contributed by atoms with E-state index in [9.17, 15) is 19.5 Å². The number of thiophene rings is 1.